The predicted octanol–water partition coefficient (Wildman–Crippen LogP) is 3.26. The van der Waals surface area contributed by atoms with E-state index in [1.165, 1.54) is 0 Å². The standard InChI is InChI=1S/C10H8ClFO3S/c11-6-1-3-7(4-2-6)16-9(12)8-5-14-10(13)15-8/h1-4,8-9H,5H2. The van der Waals surface area contributed by atoms with Crippen molar-refractivity contribution in [3.05, 3.63) is 29.3 Å². The summed E-state index contributed by atoms with van der Waals surface area (Å²) in [5.74, 6) is 0. The second-order valence-electron chi connectivity index (χ2n) is 3.14. The van der Waals surface area contributed by atoms with Crippen LogP contribution < -0.4 is 0 Å². The summed E-state index contributed by atoms with van der Waals surface area (Å²) in [4.78, 5) is 11.3. The molecule has 0 aliphatic carbocycles. The van der Waals surface area contributed by atoms with E-state index in [4.69, 9.17) is 11.6 Å². The van der Waals surface area contributed by atoms with Crippen molar-refractivity contribution < 1.29 is 18.7 Å². The third-order valence-electron chi connectivity index (χ3n) is 1.97. The number of rotatable bonds is 3. The maximum Gasteiger partial charge on any atom is 0.508 e. The molecule has 0 amide bonds. The Morgan fingerprint density at radius 3 is 2.69 bits per heavy atom. The highest BCUT2D eigenvalue weighted by Crippen LogP contribution is 2.30. The van der Waals surface area contributed by atoms with Crippen molar-refractivity contribution in [2.24, 2.45) is 0 Å². The van der Waals surface area contributed by atoms with Crippen LogP contribution >= 0.6 is 23.4 Å². The molecule has 0 aromatic heterocycles. The average molecular weight is 263 g/mol. The van der Waals surface area contributed by atoms with Crippen LogP contribution in [0.2, 0.25) is 5.02 Å². The molecule has 86 valence electrons. The third kappa shape index (κ3) is 2.80. The Balaban J connectivity index is 1.94. The molecular formula is C10H8ClFO3S. The van der Waals surface area contributed by atoms with Gasteiger partial charge >= 0.3 is 6.16 Å². The van der Waals surface area contributed by atoms with E-state index in [-0.39, 0.29) is 6.61 Å². The number of carbonyl (C=O) groups is 1. The lowest BCUT2D eigenvalue weighted by Crippen LogP contribution is -2.21. The lowest BCUT2D eigenvalue weighted by molar-refractivity contribution is 0.104. The highest BCUT2D eigenvalue weighted by molar-refractivity contribution is 7.99. The maximum absolute atomic E-state index is 13.6. The molecule has 1 saturated heterocycles. The minimum Gasteiger partial charge on any atom is -0.430 e. The van der Waals surface area contributed by atoms with Gasteiger partial charge in [0.25, 0.3) is 0 Å². The van der Waals surface area contributed by atoms with Crippen LogP contribution in [0.15, 0.2) is 29.2 Å². The van der Waals surface area contributed by atoms with Crippen molar-refractivity contribution in [1.82, 2.24) is 0 Å². The van der Waals surface area contributed by atoms with Crippen molar-refractivity contribution in [3.8, 4) is 0 Å². The monoisotopic (exact) mass is 262 g/mol. The Kier molecular flexibility index (Phi) is 3.56. The fraction of sp³-hybridized carbons (Fsp3) is 0.300. The summed E-state index contributed by atoms with van der Waals surface area (Å²) in [5, 5.41) is 0.593. The molecule has 2 rings (SSSR count). The third-order valence-corrected chi connectivity index (χ3v) is 3.29. The summed E-state index contributed by atoms with van der Waals surface area (Å²) in [6.07, 6.45) is -1.66. The highest BCUT2D eigenvalue weighted by Gasteiger charge is 2.33. The van der Waals surface area contributed by atoms with Gasteiger partial charge in [-0.1, -0.05) is 23.4 Å². The van der Waals surface area contributed by atoms with Crippen molar-refractivity contribution in [3.63, 3.8) is 0 Å². The molecule has 1 aromatic rings. The quantitative estimate of drug-likeness (QED) is 0.619. The van der Waals surface area contributed by atoms with Crippen LogP contribution in [0.3, 0.4) is 0 Å². The van der Waals surface area contributed by atoms with Gasteiger partial charge in [-0.15, -0.1) is 0 Å². The number of hydrogen-bond donors (Lipinski definition) is 0. The minimum atomic E-state index is -1.34. The first-order valence-electron chi connectivity index (χ1n) is 4.55. The first kappa shape index (κ1) is 11.5. The average Bonchev–Trinajstić information content (AvgIpc) is 2.68. The van der Waals surface area contributed by atoms with Crippen LogP contribution in [0.25, 0.3) is 0 Å². The molecule has 0 saturated carbocycles. The molecule has 1 fully saturated rings. The molecule has 2 atom stereocenters. The van der Waals surface area contributed by atoms with E-state index in [1.807, 2.05) is 0 Å². The molecule has 0 N–H and O–H groups in total. The topological polar surface area (TPSA) is 35.5 Å². The molecule has 1 aliphatic rings. The number of alkyl halides is 1. The molecule has 1 aliphatic heterocycles. The Hall–Kier alpha value is -0.940. The first-order valence-corrected chi connectivity index (χ1v) is 5.80. The smallest absolute Gasteiger partial charge is 0.430 e. The number of benzene rings is 1. The minimum absolute atomic E-state index is 0.0411. The van der Waals surface area contributed by atoms with E-state index < -0.39 is 17.8 Å². The predicted molar refractivity (Wildman–Crippen MR) is 58.4 cm³/mol. The number of carbonyl (C=O) groups excluding carboxylic acids is 1. The largest absolute Gasteiger partial charge is 0.508 e. The van der Waals surface area contributed by atoms with E-state index in [1.54, 1.807) is 24.3 Å². The molecule has 1 heterocycles. The normalized spacial score (nSPS) is 21.4. The number of thioether (sulfide) groups is 1. The van der Waals surface area contributed by atoms with Crippen LogP contribution in [0.1, 0.15) is 0 Å². The number of cyclic esters (lactones) is 2. The van der Waals surface area contributed by atoms with Crippen molar-refractivity contribution in [2.45, 2.75) is 16.5 Å². The molecule has 6 heteroatoms. The summed E-state index contributed by atoms with van der Waals surface area (Å²) in [7, 11) is 0. The fourth-order valence-corrected chi connectivity index (χ4v) is 2.16. The molecule has 1 aromatic carbocycles. The van der Waals surface area contributed by atoms with Gasteiger partial charge in [-0.3, -0.25) is 0 Å². The first-order chi connectivity index (χ1) is 7.65. The molecule has 0 spiro atoms. The van der Waals surface area contributed by atoms with Gasteiger partial charge in [-0.05, 0) is 24.3 Å². The van der Waals surface area contributed by atoms with Crippen molar-refractivity contribution in [1.29, 1.82) is 0 Å². The Labute approximate surface area is 101 Å². The molecule has 16 heavy (non-hydrogen) atoms. The van der Waals surface area contributed by atoms with Crippen LogP contribution in [0, 0.1) is 0 Å². The van der Waals surface area contributed by atoms with Gasteiger partial charge in [0.15, 0.2) is 11.6 Å². The van der Waals surface area contributed by atoms with E-state index in [9.17, 15) is 9.18 Å². The number of halogens is 2. The molecule has 0 bridgehead atoms. The van der Waals surface area contributed by atoms with E-state index in [2.05, 4.69) is 9.47 Å². The van der Waals surface area contributed by atoms with Crippen LogP contribution in [-0.2, 0) is 9.47 Å². The molecule has 3 nitrogen and oxygen atoms in total. The Morgan fingerprint density at radius 2 is 2.12 bits per heavy atom. The SMILES string of the molecule is O=C1OCC(C(F)Sc2ccc(Cl)cc2)O1. The van der Waals surface area contributed by atoms with Gasteiger partial charge in [0, 0.05) is 9.92 Å². The van der Waals surface area contributed by atoms with E-state index >= 15 is 0 Å². The zero-order chi connectivity index (χ0) is 11.5. The summed E-state index contributed by atoms with van der Waals surface area (Å²) < 4.78 is 22.8. The van der Waals surface area contributed by atoms with Crippen molar-refractivity contribution in [2.75, 3.05) is 6.61 Å². The van der Waals surface area contributed by atoms with E-state index in [0.717, 1.165) is 16.7 Å². The summed E-state index contributed by atoms with van der Waals surface area (Å²) in [6.45, 7) is -0.0411. The molecule has 2 unspecified atom stereocenters. The van der Waals surface area contributed by atoms with Crippen molar-refractivity contribution >= 4 is 29.5 Å². The van der Waals surface area contributed by atoms with Gasteiger partial charge in [-0.2, -0.15) is 0 Å². The van der Waals surface area contributed by atoms with Gasteiger partial charge in [0.05, 0.1) is 0 Å². The zero-order valence-electron chi connectivity index (χ0n) is 8.06. The second kappa shape index (κ2) is 4.93. The lowest BCUT2D eigenvalue weighted by atomic mass is 10.4. The fourth-order valence-electron chi connectivity index (χ4n) is 1.19. The van der Waals surface area contributed by atoms with Gasteiger partial charge in [0.2, 0.25) is 0 Å². The summed E-state index contributed by atoms with van der Waals surface area (Å²) in [6, 6.07) is 6.76. The second-order valence-corrected chi connectivity index (χ2v) is 4.73. The van der Waals surface area contributed by atoms with Crippen LogP contribution in [0.4, 0.5) is 9.18 Å². The molecular weight excluding hydrogens is 255 g/mol. The zero-order valence-corrected chi connectivity index (χ0v) is 9.63. The Bertz CT molecular complexity index is 384. The Morgan fingerprint density at radius 1 is 1.44 bits per heavy atom. The summed E-state index contributed by atoms with van der Waals surface area (Å²) in [5.41, 5.74) is -1.34. The highest BCUT2D eigenvalue weighted by atomic mass is 35.5. The van der Waals surface area contributed by atoms with E-state index in [0.29, 0.717) is 5.02 Å². The van der Waals surface area contributed by atoms with Gasteiger partial charge < -0.3 is 9.47 Å². The molecule has 0 radical (unpaired) electrons. The maximum atomic E-state index is 13.6. The summed E-state index contributed by atoms with van der Waals surface area (Å²) >= 11 is 6.67. The van der Waals surface area contributed by atoms with Gasteiger partial charge in [-0.25, -0.2) is 9.18 Å². The number of hydrogen-bond acceptors (Lipinski definition) is 4. The van der Waals surface area contributed by atoms with Crippen LogP contribution in [0.5, 0.6) is 0 Å². The lowest BCUT2D eigenvalue weighted by Gasteiger charge is -2.11. The van der Waals surface area contributed by atoms with Gasteiger partial charge in [0.1, 0.15) is 6.61 Å². The van der Waals surface area contributed by atoms with Crippen LogP contribution in [-0.4, -0.2) is 24.4 Å². The number of ether oxygens (including phenoxy) is 2.